The molecule has 33 heavy (non-hydrogen) atoms. The number of hydrogen-bond acceptors (Lipinski definition) is 8. The van der Waals surface area contributed by atoms with Gasteiger partial charge < -0.3 is 14.1 Å². The molecule has 1 N–H and O–H groups in total. The predicted octanol–water partition coefficient (Wildman–Crippen LogP) is 3.83. The number of benzene rings is 1. The molecule has 4 rings (SSSR count). The first-order valence-electron chi connectivity index (χ1n) is 10.6. The van der Waals surface area contributed by atoms with Gasteiger partial charge in [0, 0.05) is 55.7 Å². The minimum absolute atomic E-state index is 0.0295. The molecular weight excluding hydrogens is 452 g/mol. The Bertz CT molecular complexity index is 1080. The Balaban J connectivity index is 1.35. The number of nitrogens with one attached hydrogen (secondary N) is 1. The molecule has 0 bridgehead atoms. The highest BCUT2D eigenvalue weighted by Crippen LogP contribution is 2.27. The summed E-state index contributed by atoms with van der Waals surface area (Å²) in [5.41, 5.74) is 1.16. The van der Waals surface area contributed by atoms with Crippen LogP contribution in [0.5, 0.6) is 5.75 Å². The molecule has 1 saturated heterocycles. The van der Waals surface area contributed by atoms with E-state index < -0.39 is 12.5 Å². The fourth-order valence-corrected chi connectivity index (χ4v) is 4.25. The molecule has 3 heterocycles. The van der Waals surface area contributed by atoms with Crippen molar-refractivity contribution in [1.82, 2.24) is 19.2 Å². The van der Waals surface area contributed by atoms with Gasteiger partial charge in [-0.2, -0.15) is 13.2 Å². The van der Waals surface area contributed by atoms with E-state index in [0.717, 1.165) is 37.7 Å². The summed E-state index contributed by atoms with van der Waals surface area (Å²) in [5.74, 6) is 0.336. The van der Waals surface area contributed by atoms with Gasteiger partial charge in [0.1, 0.15) is 11.6 Å². The number of piperazine rings is 1. The van der Waals surface area contributed by atoms with Crippen molar-refractivity contribution in [3.8, 4) is 16.9 Å². The number of rotatable bonds is 8. The molecule has 0 spiro atoms. The highest BCUT2D eigenvalue weighted by molar-refractivity contribution is 7.09. The zero-order valence-corrected chi connectivity index (χ0v) is 19.1. The highest BCUT2D eigenvalue weighted by atomic mass is 32.1. The number of carbonyl (C=O) groups is 1. The Labute approximate surface area is 194 Å². The molecule has 1 aliphatic rings. The summed E-state index contributed by atoms with van der Waals surface area (Å²) in [6, 6.07) is 8.04. The van der Waals surface area contributed by atoms with Crippen molar-refractivity contribution in [3.05, 3.63) is 48.2 Å². The Morgan fingerprint density at radius 2 is 2.03 bits per heavy atom. The van der Waals surface area contributed by atoms with Crippen LogP contribution in [-0.2, 0) is 6.42 Å². The number of anilines is 1. The second-order valence-electron chi connectivity index (χ2n) is 7.97. The van der Waals surface area contributed by atoms with Gasteiger partial charge in [0.05, 0.1) is 6.26 Å². The van der Waals surface area contributed by atoms with Crippen LogP contribution in [0.4, 0.5) is 13.9 Å². The van der Waals surface area contributed by atoms with Crippen molar-refractivity contribution >= 4 is 22.6 Å². The van der Waals surface area contributed by atoms with E-state index in [1.165, 1.54) is 24.5 Å². The monoisotopic (exact) mass is 477 g/mol. The van der Waals surface area contributed by atoms with Crippen molar-refractivity contribution in [1.29, 1.82) is 0 Å². The molecule has 0 radical (unpaired) electrons. The number of likely N-dealkylation sites (N-methyl/N-ethyl adjacent to an activating group) is 1. The van der Waals surface area contributed by atoms with Gasteiger partial charge in [-0.1, -0.05) is 12.1 Å². The minimum atomic E-state index is -2.91. The van der Waals surface area contributed by atoms with Crippen molar-refractivity contribution in [3.63, 3.8) is 0 Å². The van der Waals surface area contributed by atoms with Crippen molar-refractivity contribution in [2.75, 3.05) is 38.5 Å². The molecule has 1 atom stereocenters. The number of hydrogen-bond donors (Lipinski definition) is 1. The second-order valence-corrected chi connectivity index (χ2v) is 8.72. The van der Waals surface area contributed by atoms with Crippen LogP contribution in [-0.4, -0.2) is 70.9 Å². The van der Waals surface area contributed by atoms with E-state index in [9.17, 15) is 13.6 Å². The topological polar surface area (TPSA) is 83.7 Å². The fourth-order valence-electron chi connectivity index (χ4n) is 3.66. The van der Waals surface area contributed by atoms with Gasteiger partial charge in [-0.25, -0.2) is 4.98 Å². The van der Waals surface area contributed by atoms with Gasteiger partial charge in [0.15, 0.2) is 5.76 Å². The molecule has 11 heteroatoms. The summed E-state index contributed by atoms with van der Waals surface area (Å²) < 4.78 is 39.1. The third kappa shape index (κ3) is 6.12. The lowest BCUT2D eigenvalue weighted by Crippen LogP contribution is -2.48. The minimum Gasteiger partial charge on any atom is -0.459 e. The molecule has 1 amide bonds. The van der Waals surface area contributed by atoms with E-state index in [1.54, 1.807) is 12.1 Å². The quantitative estimate of drug-likeness (QED) is 0.528. The number of amides is 1. The average Bonchev–Trinajstić information content (AvgIpc) is 3.44. The molecule has 0 saturated carbocycles. The number of alkyl halides is 2. The standard InChI is InChI=1S/C22H25F2N5O3S/c1-14(29-8-6-28(2)7-9-29)10-19-25-22(33-27-19)26-20(30)18-12-16(13-31-18)15-4-3-5-17(11-15)32-21(23)24/h3-5,11-14,21H,6-10H2,1-2H3,(H,25,26,27,30). The summed E-state index contributed by atoms with van der Waals surface area (Å²) in [6.07, 6.45) is 2.09. The molecule has 8 nitrogen and oxygen atoms in total. The van der Waals surface area contributed by atoms with Gasteiger partial charge >= 0.3 is 6.61 Å². The van der Waals surface area contributed by atoms with Crippen molar-refractivity contribution < 1.29 is 22.7 Å². The van der Waals surface area contributed by atoms with Crippen molar-refractivity contribution in [2.24, 2.45) is 0 Å². The Morgan fingerprint density at radius 1 is 1.24 bits per heavy atom. The molecular formula is C22H25F2N5O3S. The largest absolute Gasteiger partial charge is 0.459 e. The van der Waals surface area contributed by atoms with Crippen LogP contribution in [0.3, 0.4) is 0 Å². The maximum Gasteiger partial charge on any atom is 0.387 e. The average molecular weight is 478 g/mol. The van der Waals surface area contributed by atoms with E-state index in [1.807, 2.05) is 0 Å². The van der Waals surface area contributed by atoms with E-state index >= 15 is 0 Å². The van der Waals surface area contributed by atoms with Crippen molar-refractivity contribution in [2.45, 2.75) is 26.0 Å². The summed E-state index contributed by atoms with van der Waals surface area (Å²) >= 11 is 1.12. The fraction of sp³-hybridized carbons (Fsp3) is 0.409. The van der Waals surface area contributed by atoms with E-state index in [2.05, 4.69) is 43.2 Å². The van der Waals surface area contributed by atoms with Crippen LogP contribution in [0.1, 0.15) is 23.3 Å². The van der Waals surface area contributed by atoms with Crippen LogP contribution in [0, 0.1) is 0 Å². The first-order valence-corrected chi connectivity index (χ1v) is 11.3. The van der Waals surface area contributed by atoms with Gasteiger partial charge in [-0.3, -0.25) is 15.0 Å². The number of carbonyl (C=O) groups excluding carboxylic acids is 1. The second kappa shape index (κ2) is 10.4. The number of aromatic nitrogens is 2. The zero-order chi connectivity index (χ0) is 23.4. The molecule has 1 aromatic carbocycles. The SMILES string of the molecule is CC(Cc1nsc(NC(=O)c2cc(-c3cccc(OC(F)F)c3)co2)n1)N1CCN(C)CC1. The zero-order valence-electron chi connectivity index (χ0n) is 18.3. The Hall–Kier alpha value is -2.89. The van der Waals surface area contributed by atoms with Gasteiger partial charge in [0.2, 0.25) is 5.13 Å². The molecule has 2 aromatic heterocycles. The molecule has 1 fully saturated rings. The lowest BCUT2D eigenvalue weighted by atomic mass is 10.1. The molecule has 1 unspecified atom stereocenters. The molecule has 176 valence electrons. The van der Waals surface area contributed by atoms with E-state index in [0.29, 0.717) is 34.5 Å². The van der Waals surface area contributed by atoms with Crippen LogP contribution in [0.25, 0.3) is 11.1 Å². The summed E-state index contributed by atoms with van der Waals surface area (Å²) in [6.45, 7) is 3.38. The van der Waals surface area contributed by atoms with Crippen LogP contribution in [0.15, 0.2) is 41.0 Å². The predicted molar refractivity (Wildman–Crippen MR) is 121 cm³/mol. The van der Waals surface area contributed by atoms with E-state index in [4.69, 9.17) is 4.42 Å². The smallest absolute Gasteiger partial charge is 0.387 e. The van der Waals surface area contributed by atoms with Gasteiger partial charge in [-0.15, -0.1) is 0 Å². The lowest BCUT2D eigenvalue weighted by molar-refractivity contribution is -0.0498. The Morgan fingerprint density at radius 3 is 2.79 bits per heavy atom. The summed E-state index contributed by atoms with van der Waals surface area (Å²) in [4.78, 5) is 21.7. The first kappa shape index (κ1) is 23.3. The normalized spacial score (nSPS) is 16.2. The maximum absolute atomic E-state index is 12.6. The maximum atomic E-state index is 12.6. The number of nitrogens with zero attached hydrogens (tertiary/aromatic N) is 4. The van der Waals surface area contributed by atoms with Gasteiger partial charge in [-0.05, 0) is 37.7 Å². The van der Waals surface area contributed by atoms with E-state index in [-0.39, 0.29) is 11.5 Å². The number of ether oxygens (including phenoxy) is 1. The first-order chi connectivity index (χ1) is 15.9. The number of halogens is 2. The molecule has 3 aromatic rings. The lowest BCUT2D eigenvalue weighted by Gasteiger charge is -2.36. The third-order valence-electron chi connectivity index (χ3n) is 5.54. The highest BCUT2D eigenvalue weighted by Gasteiger charge is 2.21. The third-order valence-corrected chi connectivity index (χ3v) is 6.21. The Kier molecular flexibility index (Phi) is 7.31. The summed E-state index contributed by atoms with van der Waals surface area (Å²) in [7, 11) is 2.12. The molecule has 0 aliphatic carbocycles. The number of furan rings is 1. The molecule has 1 aliphatic heterocycles. The van der Waals surface area contributed by atoms with Crippen LogP contribution in [0.2, 0.25) is 0 Å². The van der Waals surface area contributed by atoms with Crippen LogP contribution < -0.4 is 10.1 Å². The van der Waals surface area contributed by atoms with Crippen LogP contribution >= 0.6 is 11.5 Å². The van der Waals surface area contributed by atoms with Gasteiger partial charge in [0.25, 0.3) is 5.91 Å². The summed E-state index contributed by atoms with van der Waals surface area (Å²) in [5, 5.41) is 3.10.